The topological polar surface area (TPSA) is 44.4 Å². The second-order valence-electron chi connectivity index (χ2n) is 3.62. The van der Waals surface area contributed by atoms with Crippen LogP contribution in [-0.2, 0) is 4.79 Å². The van der Waals surface area contributed by atoms with Gasteiger partial charge in [-0.15, -0.1) is 0 Å². The number of thioether (sulfide) groups is 1. The second kappa shape index (κ2) is 15.7. The lowest BCUT2D eigenvalue weighted by Gasteiger charge is -2.09. The summed E-state index contributed by atoms with van der Waals surface area (Å²) in [5.74, 6) is 2.26. The van der Waals surface area contributed by atoms with Crippen molar-refractivity contribution in [3.8, 4) is 0 Å². The Balaban J connectivity index is 0. The molecule has 0 aromatic rings. The van der Waals surface area contributed by atoms with Crippen LogP contribution in [0.25, 0.3) is 0 Å². The summed E-state index contributed by atoms with van der Waals surface area (Å²) in [4.78, 5) is 13.3. The molecule has 0 heterocycles. The van der Waals surface area contributed by atoms with Crippen molar-refractivity contribution in [1.29, 1.82) is 0 Å². The average Bonchev–Trinajstić information content (AvgIpc) is 2.33. The first kappa shape index (κ1) is 19.1. The predicted octanol–water partition coefficient (Wildman–Crippen LogP) is 1.03. The van der Waals surface area contributed by atoms with Crippen LogP contribution in [0.15, 0.2) is 0 Å². The molecule has 0 saturated heterocycles. The summed E-state index contributed by atoms with van der Waals surface area (Å²) in [5.41, 5.74) is 0. The van der Waals surface area contributed by atoms with Gasteiger partial charge < -0.3 is 15.5 Å². The van der Waals surface area contributed by atoms with Crippen molar-refractivity contribution in [3.63, 3.8) is 0 Å². The molecular formula is C12H29N3OS. The van der Waals surface area contributed by atoms with E-state index in [0.717, 1.165) is 31.1 Å². The van der Waals surface area contributed by atoms with Crippen LogP contribution in [0.3, 0.4) is 0 Å². The average molecular weight is 263 g/mol. The van der Waals surface area contributed by atoms with Crippen LogP contribution in [0.2, 0.25) is 0 Å². The SMILES string of the molecule is CC.CNCCC(=O)NCCSCCN(C)C. The molecule has 4 nitrogen and oxygen atoms in total. The zero-order chi connectivity index (χ0) is 13.5. The van der Waals surface area contributed by atoms with Crippen LogP contribution < -0.4 is 10.6 Å². The van der Waals surface area contributed by atoms with Gasteiger partial charge in [-0.25, -0.2) is 0 Å². The Labute approximate surface area is 111 Å². The van der Waals surface area contributed by atoms with Crippen molar-refractivity contribution in [2.24, 2.45) is 0 Å². The van der Waals surface area contributed by atoms with Crippen molar-refractivity contribution in [2.45, 2.75) is 20.3 Å². The van der Waals surface area contributed by atoms with Gasteiger partial charge in [0, 0.05) is 37.6 Å². The largest absolute Gasteiger partial charge is 0.355 e. The maximum Gasteiger partial charge on any atom is 0.221 e. The normalized spacial score (nSPS) is 9.76. The van der Waals surface area contributed by atoms with Crippen LogP contribution in [-0.4, -0.2) is 63.1 Å². The number of carbonyl (C=O) groups excluding carboxylic acids is 1. The van der Waals surface area contributed by atoms with E-state index in [1.54, 1.807) is 0 Å². The van der Waals surface area contributed by atoms with Crippen LogP contribution in [0.1, 0.15) is 20.3 Å². The number of nitrogens with zero attached hydrogens (tertiary/aromatic N) is 1. The standard InChI is InChI=1S/C10H23N3OS.C2H6/c1-11-5-4-10(14)12-6-8-15-9-7-13(2)3;1-2/h11H,4-9H2,1-3H3,(H,12,14);1-2H3. The molecule has 0 bridgehead atoms. The molecule has 17 heavy (non-hydrogen) atoms. The van der Waals surface area contributed by atoms with Gasteiger partial charge in [0.15, 0.2) is 0 Å². The first-order valence-corrected chi connectivity index (χ1v) is 7.46. The number of hydrogen-bond donors (Lipinski definition) is 2. The molecule has 0 fully saturated rings. The van der Waals surface area contributed by atoms with E-state index in [1.165, 1.54) is 0 Å². The Hall–Kier alpha value is -0.260. The van der Waals surface area contributed by atoms with Crippen LogP contribution in [0.5, 0.6) is 0 Å². The van der Waals surface area contributed by atoms with E-state index in [2.05, 4.69) is 29.6 Å². The van der Waals surface area contributed by atoms with Crippen molar-refractivity contribution < 1.29 is 4.79 Å². The zero-order valence-electron chi connectivity index (χ0n) is 12.0. The summed E-state index contributed by atoms with van der Waals surface area (Å²) < 4.78 is 0. The molecule has 0 rings (SSSR count). The quantitative estimate of drug-likeness (QED) is 0.610. The molecule has 0 aromatic carbocycles. The summed E-state index contributed by atoms with van der Waals surface area (Å²) in [6, 6.07) is 0. The predicted molar refractivity (Wildman–Crippen MR) is 78.8 cm³/mol. The molecule has 104 valence electrons. The van der Waals surface area contributed by atoms with E-state index in [4.69, 9.17) is 0 Å². The Morgan fingerprint density at radius 2 is 1.82 bits per heavy atom. The Morgan fingerprint density at radius 1 is 1.18 bits per heavy atom. The van der Waals surface area contributed by atoms with E-state index < -0.39 is 0 Å². The van der Waals surface area contributed by atoms with Gasteiger partial charge in [-0.1, -0.05) is 13.8 Å². The highest BCUT2D eigenvalue weighted by Gasteiger charge is 1.98. The smallest absolute Gasteiger partial charge is 0.221 e. The van der Waals surface area contributed by atoms with Gasteiger partial charge in [-0.05, 0) is 21.1 Å². The molecule has 0 aromatic heterocycles. The van der Waals surface area contributed by atoms with Crippen LogP contribution >= 0.6 is 11.8 Å². The van der Waals surface area contributed by atoms with Crippen molar-refractivity contribution in [3.05, 3.63) is 0 Å². The van der Waals surface area contributed by atoms with E-state index in [1.807, 2.05) is 32.7 Å². The first-order chi connectivity index (χ1) is 8.16. The molecule has 0 aliphatic heterocycles. The number of hydrogen-bond acceptors (Lipinski definition) is 4. The fraction of sp³-hybridized carbons (Fsp3) is 0.917. The minimum absolute atomic E-state index is 0.137. The minimum atomic E-state index is 0.137. The van der Waals surface area contributed by atoms with Crippen LogP contribution in [0, 0.1) is 0 Å². The van der Waals surface area contributed by atoms with Gasteiger partial charge in [0.25, 0.3) is 0 Å². The number of carbonyl (C=O) groups is 1. The maximum absolute atomic E-state index is 11.2. The van der Waals surface area contributed by atoms with Crippen LogP contribution in [0.4, 0.5) is 0 Å². The van der Waals surface area contributed by atoms with E-state index in [9.17, 15) is 4.79 Å². The molecule has 0 saturated carbocycles. The molecular weight excluding hydrogens is 234 g/mol. The minimum Gasteiger partial charge on any atom is -0.355 e. The summed E-state index contributed by atoms with van der Waals surface area (Å²) in [5, 5.41) is 5.84. The monoisotopic (exact) mass is 263 g/mol. The molecule has 2 N–H and O–H groups in total. The summed E-state index contributed by atoms with van der Waals surface area (Å²) in [6.07, 6.45) is 0.568. The summed E-state index contributed by atoms with van der Waals surface area (Å²) in [7, 11) is 5.99. The van der Waals surface area contributed by atoms with Crippen molar-refractivity contribution >= 4 is 17.7 Å². The third kappa shape index (κ3) is 18.3. The number of nitrogens with one attached hydrogen (secondary N) is 2. The molecule has 5 heteroatoms. The second-order valence-corrected chi connectivity index (χ2v) is 4.84. The van der Waals surface area contributed by atoms with Gasteiger partial charge in [0.1, 0.15) is 0 Å². The van der Waals surface area contributed by atoms with E-state index >= 15 is 0 Å². The summed E-state index contributed by atoms with van der Waals surface area (Å²) >= 11 is 1.88. The lowest BCUT2D eigenvalue weighted by atomic mass is 10.4. The Morgan fingerprint density at radius 3 is 2.35 bits per heavy atom. The zero-order valence-corrected chi connectivity index (χ0v) is 12.8. The van der Waals surface area contributed by atoms with Gasteiger partial charge in [0.05, 0.1) is 0 Å². The van der Waals surface area contributed by atoms with E-state index in [0.29, 0.717) is 6.42 Å². The fourth-order valence-electron chi connectivity index (χ4n) is 0.939. The first-order valence-electron chi connectivity index (χ1n) is 6.30. The third-order valence-electron chi connectivity index (χ3n) is 1.85. The highest BCUT2D eigenvalue weighted by molar-refractivity contribution is 7.99. The maximum atomic E-state index is 11.2. The molecule has 0 atom stereocenters. The lowest BCUT2D eigenvalue weighted by molar-refractivity contribution is -0.120. The van der Waals surface area contributed by atoms with Crippen molar-refractivity contribution in [2.75, 3.05) is 52.3 Å². The Bertz CT molecular complexity index is 166. The van der Waals surface area contributed by atoms with Gasteiger partial charge >= 0.3 is 0 Å². The third-order valence-corrected chi connectivity index (χ3v) is 2.82. The fourth-order valence-corrected chi connectivity index (χ4v) is 1.88. The van der Waals surface area contributed by atoms with E-state index in [-0.39, 0.29) is 5.91 Å². The molecule has 0 unspecified atom stereocenters. The number of rotatable bonds is 9. The summed E-state index contributed by atoms with van der Waals surface area (Å²) in [6.45, 7) is 6.62. The van der Waals surface area contributed by atoms with Gasteiger partial charge in [-0.3, -0.25) is 4.79 Å². The Kier molecular flexibility index (Phi) is 17.7. The van der Waals surface area contributed by atoms with Crippen molar-refractivity contribution in [1.82, 2.24) is 15.5 Å². The van der Waals surface area contributed by atoms with Gasteiger partial charge in [-0.2, -0.15) is 11.8 Å². The van der Waals surface area contributed by atoms with Gasteiger partial charge in [0.2, 0.25) is 5.91 Å². The number of amides is 1. The lowest BCUT2D eigenvalue weighted by Crippen LogP contribution is -2.28. The molecule has 1 amide bonds. The molecule has 0 aliphatic rings. The molecule has 0 radical (unpaired) electrons. The highest BCUT2D eigenvalue weighted by Crippen LogP contribution is 1.97. The molecule has 0 aliphatic carbocycles. The highest BCUT2D eigenvalue weighted by atomic mass is 32.2. The molecule has 0 spiro atoms.